The average molecular weight is 449 g/mol. The molecule has 2 aromatic rings. The normalized spacial score (nSPS) is 24.8. The van der Waals surface area contributed by atoms with Crippen LogP contribution in [0.2, 0.25) is 0 Å². The molecule has 0 heterocycles. The molecule has 2 aliphatic carbocycles. The van der Waals surface area contributed by atoms with E-state index < -0.39 is 11.8 Å². The van der Waals surface area contributed by atoms with Gasteiger partial charge in [-0.2, -0.15) is 0 Å². The molecule has 0 spiro atoms. The van der Waals surface area contributed by atoms with Crippen LogP contribution in [0.15, 0.2) is 67.3 Å². The van der Waals surface area contributed by atoms with E-state index in [1.807, 2.05) is 25.1 Å². The third kappa shape index (κ3) is 5.73. The Hall–Kier alpha value is -2.88. The highest BCUT2D eigenvalue weighted by molar-refractivity contribution is 5.91. The Morgan fingerprint density at radius 3 is 2.48 bits per heavy atom. The summed E-state index contributed by atoms with van der Waals surface area (Å²) in [6, 6.07) is 11.8. The number of benzene rings is 2. The van der Waals surface area contributed by atoms with Crippen molar-refractivity contribution in [2.75, 3.05) is 6.61 Å². The number of esters is 1. The molecule has 0 radical (unpaired) electrons. The Kier molecular flexibility index (Phi) is 7.64. The summed E-state index contributed by atoms with van der Waals surface area (Å²) in [6.07, 6.45) is 13.0. The smallest absolute Gasteiger partial charge is 0.346 e. The van der Waals surface area contributed by atoms with Gasteiger partial charge in [-0.25, -0.2) is 9.18 Å². The Morgan fingerprint density at radius 1 is 1.03 bits per heavy atom. The van der Waals surface area contributed by atoms with Gasteiger partial charge in [0.05, 0.1) is 5.56 Å². The molecule has 0 N–H and O–H groups in total. The zero-order valence-electron chi connectivity index (χ0n) is 19.3. The number of carbonyl (C=O) groups is 1. The summed E-state index contributed by atoms with van der Waals surface area (Å²) >= 11 is 0. The molecule has 0 saturated heterocycles. The van der Waals surface area contributed by atoms with E-state index in [4.69, 9.17) is 9.47 Å². The number of rotatable bonds is 7. The summed E-state index contributed by atoms with van der Waals surface area (Å²) < 4.78 is 25.8. The van der Waals surface area contributed by atoms with E-state index in [1.165, 1.54) is 31.7 Å². The van der Waals surface area contributed by atoms with E-state index >= 15 is 0 Å². The second-order valence-electron chi connectivity index (χ2n) is 9.32. The number of hydrogen-bond acceptors (Lipinski definition) is 3. The summed E-state index contributed by atoms with van der Waals surface area (Å²) in [6.45, 7) is 6.38. The molecule has 0 aliphatic heterocycles. The molecule has 4 unspecified atom stereocenters. The van der Waals surface area contributed by atoms with Crippen LogP contribution >= 0.6 is 0 Å². The summed E-state index contributed by atoms with van der Waals surface area (Å²) in [5.74, 6) is 2.35. The number of halogens is 1. The molecule has 4 rings (SSSR count). The van der Waals surface area contributed by atoms with E-state index in [0.29, 0.717) is 29.9 Å². The summed E-state index contributed by atoms with van der Waals surface area (Å²) in [4.78, 5) is 12.6. The Bertz CT molecular complexity index is 994. The first-order chi connectivity index (χ1) is 16.1. The highest BCUT2D eigenvalue weighted by Gasteiger charge is 2.35. The van der Waals surface area contributed by atoms with E-state index in [1.54, 1.807) is 30.3 Å². The first kappa shape index (κ1) is 23.3. The van der Waals surface area contributed by atoms with Crippen LogP contribution in [0.3, 0.4) is 0 Å². The minimum absolute atomic E-state index is 0.0349. The van der Waals surface area contributed by atoms with E-state index in [0.717, 1.165) is 30.2 Å². The van der Waals surface area contributed by atoms with Crippen molar-refractivity contribution in [1.29, 1.82) is 0 Å². The third-order valence-electron chi connectivity index (χ3n) is 7.29. The summed E-state index contributed by atoms with van der Waals surface area (Å²) in [7, 11) is 0. The number of hydrogen-bond donors (Lipinski definition) is 0. The minimum atomic E-state index is -0.687. The topological polar surface area (TPSA) is 35.5 Å². The SMILES string of the molecule is C=CC1CCC2CC(c3ccc(C(=O)Oc4ccc(OC/C=C/C)cc4)c(F)c3)CCC2C1. The number of carbonyl (C=O) groups excluding carboxylic acids is 1. The first-order valence-corrected chi connectivity index (χ1v) is 12.1. The fraction of sp³-hybridized carbons (Fsp3) is 0.414. The van der Waals surface area contributed by atoms with E-state index in [9.17, 15) is 9.18 Å². The standard InChI is InChI=1S/C29H33FO3/c1-3-5-16-32-25-11-13-26(14-12-25)33-29(31)27-15-10-24(19-28(27)30)23-9-8-21-17-20(4-2)6-7-22(21)18-23/h3-5,10-15,19-23H,2,6-9,16-18H2,1H3/b5-3+. The molecule has 2 aliphatic rings. The van der Waals surface area contributed by atoms with Crippen molar-refractivity contribution in [1.82, 2.24) is 0 Å². The van der Waals surface area contributed by atoms with Gasteiger partial charge in [-0.05, 0) is 111 Å². The Morgan fingerprint density at radius 2 is 1.76 bits per heavy atom. The van der Waals surface area contributed by atoms with Gasteiger partial charge in [-0.1, -0.05) is 24.3 Å². The lowest BCUT2D eigenvalue weighted by atomic mass is 9.64. The molecule has 2 fully saturated rings. The quantitative estimate of drug-likeness (QED) is 0.250. The van der Waals surface area contributed by atoms with Crippen LogP contribution < -0.4 is 9.47 Å². The molecule has 0 bridgehead atoms. The average Bonchev–Trinajstić information content (AvgIpc) is 2.84. The zero-order chi connectivity index (χ0) is 23.2. The van der Waals surface area contributed by atoms with Crippen molar-refractivity contribution >= 4 is 5.97 Å². The zero-order valence-corrected chi connectivity index (χ0v) is 19.3. The Labute approximate surface area is 196 Å². The summed E-state index contributed by atoms with van der Waals surface area (Å²) in [5, 5.41) is 0. The molecule has 33 heavy (non-hydrogen) atoms. The first-order valence-electron chi connectivity index (χ1n) is 12.1. The fourth-order valence-electron chi connectivity index (χ4n) is 5.40. The van der Waals surface area contributed by atoms with Crippen LogP contribution in [0.4, 0.5) is 4.39 Å². The van der Waals surface area contributed by atoms with Crippen molar-refractivity contribution in [3.63, 3.8) is 0 Å². The second kappa shape index (κ2) is 10.8. The predicted molar refractivity (Wildman–Crippen MR) is 129 cm³/mol. The van der Waals surface area contributed by atoms with Gasteiger partial charge >= 0.3 is 5.97 Å². The van der Waals surface area contributed by atoms with Crippen LogP contribution in [0.25, 0.3) is 0 Å². The van der Waals surface area contributed by atoms with E-state index in [-0.39, 0.29) is 5.56 Å². The molecule has 2 saturated carbocycles. The largest absolute Gasteiger partial charge is 0.490 e. The van der Waals surface area contributed by atoms with Crippen LogP contribution in [-0.2, 0) is 0 Å². The van der Waals surface area contributed by atoms with Crippen LogP contribution in [0.1, 0.15) is 67.3 Å². The maximum atomic E-state index is 14.9. The van der Waals surface area contributed by atoms with Crippen molar-refractivity contribution in [3.8, 4) is 11.5 Å². The predicted octanol–water partition coefficient (Wildman–Crippen LogP) is 7.49. The second-order valence-corrected chi connectivity index (χ2v) is 9.32. The molecule has 4 atom stereocenters. The lowest BCUT2D eigenvalue weighted by molar-refractivity contribution is 0.0729. The molecule has 174 valence electrons. The van der Waals surface area contributed by atoms with Crippen LogP contribution in [-0.4, -0.2) is 12.6 Å². The van der Waals surface area contributed by atoms with E-state index in [2.05, 4.69) is 12.7 Å². The monoisotopic (exact) mass is 448 g/mol. The fourth-order valence-corrected chi connectivity index (χ4v) is 5.40. The summed E-state index contributed by atoms with van der Waals surface area (Å²) in [5.41, 5.74) is 0.961. The maximum Gasteiger partial charge on any atom is 0.346 e. The third-order valence-corrected chi connectivity index (χ3v) is 7.29. The van der Waals surface area contributed by atoms with Gasteiger partial charge in [-0.15, -0.1) is 6.58 Å². The number of fused-ring (bicyclic) bond motifs is 1. The van der Waals surface area contributed by atoms with Crippen LogP contribution in [0.5, 0.6) is 11.5 Å². The minimum Gasteiger partial charge on any atom is -0.490 e. The van der Waals surface area contributed by atoms with Gasteiger partial charge in [0.2, 0.25) is 0 Å². The Balaban J connectivity index is 1.36. The molecule has 4 heteroatoms. The van der Waals surface area contributed by atoms with Gasteiger partial charge in [0.25, 0.3) is 0 Å². The van der Waals surface area contributed by atoms with Gasteiger partial charge in [0.1, 0.15) is 23.9 Å². The molecular formula is C29H33FO3. The highest BCUT2D eigenvalue weighted by Crippen LogP contribution is 2.47. The molecule has 2 aromatic carbocycles. The molecular weight excluding hydrogens is 415 g/mol. The molecule has 0 aromatic heterocycles. The number of ether oxygens (including phenoxy) is 2. The van der Waals surface area contributed by atoms with Gasteiger partial charge in [0.15, 0.2) is 0 Å². The van der Waals surface area contributed by atoms with Gasteiger partial charge < -0.3 is 9.47 Å². The highest BCUT2D eigenvalue weighted by atomic mass is 19.1. The van der Waals surface area contributed by atoms with Crippen LogP contribution in [0, 0.1) is 23.6 Å². The molecule has 3 nitrogen and oxygen atoms in total. The molecule has 0 amide bonds. The number of allylic oxidation sites excluding steroid dienone is 2. The van der Waals surface area contributed by atoms with Crippen molar-refractivity contribution in [3.05, 3.63) is 84.2 Å². The van der Waals surface area contributed by atoms with Crippen molar-refractivity contribution in [2.45, 2.75) is 51.4 Å². The van der Waals surface area contributed by atoms with Crippen molar-refractivity contribution < 1.29 is 18.7 Å². The van der Waals surface area contributed by atoms with Gasteiger partial charge in [-0.3, -0.25) is 0 Å². The lowest BCUT2D eigenvalue weighted by Gasteiger charge is -2.41. The van der Waals surface area contributed by atoms with Crippen molar-refractivity contribution in [2.24, 2.45) is 17.8 Å². The maximum absolute atomic E-state index is 14.9. The lowest BCUT2D eigenvalue weighted by Crippen LogP contribution is -2.30. The van der Waals surface area contributed by atoms with Gasteiger partial charge in [0, 0.05) is 0 Å².